The molecule has 0 spiro atoms. The third-order valence-corrected chi connectivity index (χ3v) is 7.31. The third kappa shape index (κ3) is 6.38. The molecule has 9 nitrogen and oxygen atoms in total. The molecule has 1 saturated carbocycles. The fourth-order valence-electron chi connectivity index (χ4n) is 4.95. The first kappa shape index (κ1) is 27.5. The largest absolute Gasteiger partial charge is 0.364 e. The molecule has 3 heterocycles. The van der Waals surface area contributed by atoms with Crippen molar-refractivity contribution in [1.82, 2.24) is 29.8 Å². The Morgan fingerprint density at radius 2 is 1.80 bits per heavy atom. The van der Waals surface area contributed by atoms with Crippen LogP contribution in [0.1, 0.15) is 65.0 Å². The fourth-order valence-corrected chi connectivity index (χ4v) is 4.95. The summed E-state index contributed by atoms with van der Waals surface area (Å²) in [6.45, 7) is 8.53. The number of anilines is 2. The number of pyridine rings is 1. The number of fused-ring (bicyclic) bond motifs is 1. The van der Waals surface area contributed by atoms with Crippen LogP contribution in [-0.4, -0.2) is 42.5 Å². The number of hydrogen-bond acceptors (Lipinski definition) is 7. The number of amides is 1. The van der Waals surface area contributed by atoms with E-state index < -0.39 is 0 Å². The van der Waals surface area contributed by atoms with Crippen LogP contribution in [0.5, 0.6) is 0 Å². The number of halogens is 1. The van der Waals surface area contributed by atoms with Gasteiger partial charge in [-0.1, -0.05) is 32.0 Å². The lowest BCUT2D eigenvalue weighted by atomic mass is 9.91. The molecule has 1 fully saturated rings. The highest BCUT2D eigenvalue weighted by molar-refractivity contribution is 5.84. The Kier molecular flexibility index (Phi) is 8.23. The molecule has 0 aliphatic heterocycles. The van der Waals surface area contributed by atoms with Crippen LogP contribution in [0.25, 0.3) is 22.4 Å². The van der Waals surface area contributed by atoms with Gasteiger partial charge in [0.2, 0.25) is 11.9 Å². The van der Waals surface area contributed by atoms with Crippen molar-refractivity contribution in [2.45, 2.75) is 78.0 Å². The van der Waals surface area contributed by atoms with Gasteiger partial charge in [0.15, 0.2) is 17.0 Å². The summed E-state index contributed by atoms with van der Waals surface area (Å²) >= 11 is 0. The quantitative estimate of drug-likeness (QED) is 0.247. The van der Waals surface area contributed by atoms with E-state index in [0.29, 0.717) is 29.5 Å². The van der Waals surface area contributed by atoms with E-state index >= 15 is 0 Å². The minimum atomic E-state index is -0.283. The number of rotatable bonds is 9. The maximum absolute atomic E-state index is 13.6. The Morgan fingerprint density at radius 1 is 1.02 bits per heavy atom. The molecule has 1 amide bonds. The van der Waals surface area contributed by atoms with E-state index in [2.05, 4.69) is 39.8 Å². The van der Waals surface area contributed by atoms with Gasteiger partial charge in [0.05, 0.1) is 12.0 Å². The highest BCUT2D eigenvalue weighted by Crippen LogP contribution is 2.27. The highest BCUT2D eigenvalue weighted by Gasteiger charge is 2.24. The van der Waals surface area contributed by atoms with Crippen LogP contribution in [-0.2, 0) is 11.3 Å². The van der Waals surface area contributed by atoms with Crippen LogP contribution in [0.2, 0.25) is 0 Å². The van der Waals surface area contributed by atoms with Gasteiger partial charge in [-0.25, -0.2) is 9.37 Å². The molecule has 210 valence electrons. The molecule has 0 unspecified atom stereocenters. The summed E-state index contributed by atoms with van der Waals surface area (Å²) in [7, 11) is 0. The average molecular weight is 545 g/mol. The van der Waals surface area contributed by atoms with Crippen molar-refractivity contribution < 1.29 is 9.18 Å². The molecule has 1 aromatic carbocycles. The number of nitrogens with one attached hydrogen (secondary N) is 3. The molecule has 1 aliphatic carbocycles. The van der Waals surface area contributed by atoms with Gasteiger partial charge in [-0.05, 0) is 63.3 Å². The summed E-state index contributed by atoms with van der Waals surface area (Å²) in [6, 6.07) is 10.9. The normalized spacial score (nSPS) is 17.4. The lowest BCUT2D eigenvalue weighted by Crippen LogP contribution is -2.41. The number of benzene rings is 1. The van der Waals surface area contributed by atoms with E-state index in [-0.39, 0.29) is 35.8 Å². The molecule has 40 heavy (non-hydrogen) atoms. The van der Waals surface area contributed by atoms with Crippen LogP contribution in [0.3, 0.4) is 0 Å². The number of carbonyl (C=O) groups excluding carboxylic acids is 1. The van der Waals surface area contributed by atoms with Crippen molar-refractivity contribution in [1.29, 1.82) is 0 Å². The van der Waals surface area contributed by atoms with Gasteiger partial charge in [0.1, 0.15) is 5.82 Å². The van der Waals surface area contributed by atoms with Gasteiger partial charge in [0.25, 0.3) is 0 Å². The molecule has 0 radical (unpaired) electrons. The Bertz CT molecular complexity index is 1460. The van der Waals surface area contributed by atoms with Crippen LogP contribution in [0, 0.1) is 11.7 Å². The smallest absolute Gasteiger partial charge is 0.227 e. The maximum Gasteiger partial charge on any atom is 0.227 e. The zero-order chi connectivity index (χ0) is 28.2. The summed E-state index contributed by atoms with van der Waals surface area (Å²) in [5.41, 5.74) is 3.90. The predicted octanol–water partition coefficient (Wildman–Crippen LogP) is 5.72. The second-order valence-corrected chi connectivity index (χ2v) is 11.1. The van der Waals surface area contributed by atoms with Crippen LogP contribution < -0.4 is 16.0 Å². The molecule has 0 saturated heterocycles. The van der Waals surface area contributed by atoms with E-state index in [4.69, 9.17) is 9.97 Å². The molecular weight excluding hydrogens is 507 g/mol. The minimum Gasteiger partial charge on any atom is -0.364 e. The number of carbonyl (C=O) groups is 1. The van der Waals surface area contributed by atoms with Gasteiger partial charge >= 0.3 is 0 Å². The third-order valence-electron chi connectivity index (χ3n) is 7.31. The van der Waals surface area contributed by atoms with Gasteiger partial charge < -0.3 is 20.5 Å². The first-order valence-corrected chi connectivity index (χ1v) is 14.0. The molecule has 10 heteroatoms. The summed E-state index contributed by atoms with van der Waals surface area (Å²) < 4.78 is 15.7. The zero-order valence-corrected chi connectivity index (χ0v) is 23.5. The molecule has 5 rings (SSSR count). The van der Waals surface area contributed by atoms with Crippen molar-refractivity contribution >= 4 is 28.8 Å². The second-order valence-electron chi connectivity index (χ2n) is 11.1. The topological polar surface area (TPSA) is 110 Å². The highest BCUT2D eigenvalue weighted by atomic mass is 19.1. The zero-order valence-electron chi connectivity index (χ0n) is 23.5. The first-order chi connectivity index (χ1) is 19.3. The van der Waals surface area contributed by atoms with Gasteiger partial charge in [-0.2, -0.15) is 9.97 Å². The molecule has 0 atom stereocenters. The average Bonchev–Trinajstić information content (AvgIpc) is 3.37. The SMILES string of the molecule is CC(C)C(=O)NC1CCC(Nc2nc(NCc3ccc(-c4cccc(F)c4)nc3)c3ncn(C(C)C)c3n2)CC1. The number of imidazole rings is 1. The Hall–Kier alpha value is -4.08. The molecule has 3 N–H and O–H groups in total. The van der Waals surface area contributed by atoms with E-state index in [1.807, 2.05) is 36.6 Å². The Morgan fingerprint density at radius 3 is 2.48 bits per heavy atom. The number of nitrogens with zero attached hydrogens (tertiary/aromatic N) is 5. The van der Waals surface area contributed by atoms with E-state index in [1.165, 1.54) is 12.1 Å². The number of aromatic nitrogens is 5. The van der Waals surface area contributed by atoms with Gasteiger partial charge in [-0.15, -0.1) is 0 Å². The fraction of sp³-hybridized carbons (Fsp3) is 0.433. The Labute approximate surface area is 234 Å². The molecule has 4 aromatic rings. The van der Waals surface area contributed by atoms with E-state index in [9.17, 15) is 9.18 Å². The predicted molar refractivity (Wildman–Crippen MR) is 155 cm³/mol. The van der Waals surface area contributed by atoms with Gasteiger partial charge in [0, 0.05) is 42.3 Å². The van der Waals surface area contributed by atoms with Crippen molar-refractivity contribution in [3.05, 3.63) is 60.3 Å². The minimum absolute atomic E-state index is 0.00476. The summed E-state index contributed by atoms with van der Waals surface area (Å²) in [4.78, 5) is 30.9. The lowest BCUT2D eigenvalue weighted by molar-refractivity contribution is -0.124. The summed E-state index contributed by atoms with van der Waals surface area (Å²) in [6.07, 6.45) is 7.29. The standard InChI is InChI=1S/C30H37FN8O/c1-18(2)29(40)35-23-9-11-24(12-10-23)36-30-37-27(26-28(38-30)39(17-34-26)19(3)4)33-16-20-8-13-25(32-15-20)21-6-5-7-22(31)14-21/h5-8,13-15,17-19,23-24H,9-12,16H2,1-4H3,(H,35,40)(H2,33,36,37,38). The van der Waals surface area contributed by atoms with E-state index in [0.717, 1.165) is 42.5 Å². The van der Waals surface area contributed by atoms with Gasteiger partial charge in [-0.3, -0.25) is 9.78 Å². The molecule has 1 aliphatic rings. The van der Waals surface area contributed by atoms with Crippen molar-refractivity contribution in [3.8, 4) is 11.3 Å². The maximum atomic E-state index is 13.6. The molecule has 0 bridgehead atoms. The van der Waals surface area contributed by atoms with Crippen molar-refractivity contribution in [3.63, 3.8) is 0 Å². The lowest BCUT2D eigenvalue weighted by Gasteiger charge is -2.30. The summed E-state index contributed by atoms with van der Waals surface area (Å²) in [5.74, 6) is 1.04. The van der Waals surface area contributed by atoms with Crippen molar-refractivity contribution in [2.24, 2.45) is 5.92 Å². The van der Waals surface area contributed by atoms with E-state index in [1.54, 1.807) is 18.6 Å². The molecule has 3 aromatic heterocycles. The van der Waals surface area contributed by atoms with Crippen LogP contribution in [0.4, 0.5) is 16.2 Å². The first-order valence-electron chi connectivity index (χ1n) is 14.0. The Balaban J connectivity index is 1.29. The van der Waals surface area contributed by atoms with Crippen LogP contribution in [0.15, 0.2) is 48.9 Å². The summed E-state index contributed by atoms with van der Waals surface area (Å²) in [5, 5.41) is 10.1. The molecular formula is C30H37FN8O. The second kappa shape index (κ2) is 12.0. The van der Waals surface area contributed by atoms with Crippen LogP contribution >= 0.6 is 0 Å². The number of hydrogen-bond donors (Lipinski definition) is 3. The monoisotopic (exact) mass is 544 g/mol. The van der Waals surface area contributed by atoms with Crippen molar-refractivity contribution in [2.75, 3.05) is 10.6 Å².